The number of hydrogen-bond donors (Lipinski definition) is 2. The predicted octanol–water partition coefficient (Wildman–Crippen LogP) is 8.62. The number of nitrogens with zero attached hydrogens (tertiary/aromatic N) is 1. The van der Waals surface area contributed by atoms with E-state index < -0.39 is 11.9 Å². The maximum Gasteiger partial charge on any atom is 0.355 e. The number of ether oxygens (including phenoxy) is 1. The fourth-order valence-electron chi connectivity index (χ4n) is 3.90. The second-order valence-electron chi connectivity index (χ2n) is 9.05. The molecule has 42 heavy (non-hydrogen) atoms. The minimum Gasteiger partial charge on any atom is -0.422 e. The van der Waals surface area contributed by atoms with Gasteiger partial charge in [-0.1, -0.05) is 55.6 Å². The Labute approximate surface area is 266 Å². The van der Waals surface area contributed by atoms with Crippen LogP contribution in [0, 0.1) is 6.92 Å². The molecule has 0 fully saturated rings. The minimum atomic E-state index is -0.591. The van der Waals surface area contributed by atoms with Gasteiger partial charge in [0.1, 0.15) is 10.6 Å². The second-order valence-corrected chi connectivity index (χ2v) is 12.3. The van der Waals surface area contributed by atoms with Crippen molar-refractivity contribution < 1.29 is 19.1 Å². The Bertz CT molecular complexity index is 1860. The summed E-state index contributed by atoms with van der Waals surface area (Å²) in [7, 11) is 0. The van der Waals surface area contributed by atoms with Gasteiger partial charge in [-0.2, -0.15) is 5.10 Å². The van der Waals surface area contributed by atoms with E-state index in [1.807, 2.05) is 25.1 Å². The smallest absolute Gasteiger partial charge is 0.355 e. The summed E-state index contributed by atoms with van der Waals surface area (Å²) in [6.45, 7) is 1.97. The van der Waals surface area contributed by atoms with E-state index in [2.05, 4.69) is 47.7 Å². The van der Waals surface area contributed by atoms with Crippen LogP contribution in [0.2, 0.25) is 5.02 Å². The summed E-state index contributed by atoms with van der Waals surface area (Å²) >= 11 is 14.5. The number of halogens is 3. The Balaban J connectivity index is 1.24. The van der Waals surface area contributed by atoms with Gasteiger partial charge in [0, 0.05) is 41.4 Å². The highest BCUT2D eigenvalue weighted by Crippen LogP contribution is 2.37. The van der Waals surface area contributed by atoms with Crippen molar-refractivity contribution in [3.8, 4) is 5.75 Å². The quantitative estimate of drug-likeness (QED) is 0.0760. The van der Waals surface area contributed by atoms with Crippen molar-refractivity contribution in [2.75, 3.05) is 5.32 Å². The van der Waals surface area contributed by atoms with Gasteiger partial charge >= 0.3 is 5.97 Å². The van der Waals surface area contributed by atoms with Gasteiger partial charge in [-0.3, -0.25) is 9.59 Å². The lowest BCUT2D eigenvalue weighted by Crippen LogP contribution is -2.18. The second kappa shape index (κ2) is 13.0. The standard InChI is InChI=1S/C31H20Br2ClN3O4S/c1-17-2-12-24-26(14-17)42-28(27(24)34)31(40)41-25-13-9-22(33)15-20(25)16-35-37-30(39)19-5-10-23(11-6-19)36-29(38)18-3-7-21(32)8-4-18/h2-16H,1H3,(H,36,38)(H,37,39)/b35-16-. The minimum absolute atomic E-state index is 0.247. The van der Waals surface area contributed by atoms with E-state index in [0.717, 1.165) is 24.6 Å². The molecule has 0 spiro atoms. The third kappa shape index (κ3) is 6.96. The molecule has 4 aromatic carbocycles. The number of benzene rings is 4. The molecule has 210 valence electrons. The lowest BCUT2D eigenvalue weighted by Gasteiger charge is -2.08. The summed E-state index contributed by atoms with van der Waals surface area (Å²) in [5.41, 5.74) is 5.37. The zero-order valence-corrected chi connectivity index (χ0v) is 26.5. The summed E-state index contributed by atoms with van der Waals surface area (Å²) < 4.78 is 8.18. The van der Waals surface area contributed by atoms with Crippen molar-refractivity contribution >= 4 is 94.6 Å². The SMILES string of the molecule is Cc1ccc2c(Cl)c(C(=O)Oc3ccc(Br)cc3/C=N\NC(=O)c3ccc(NC(=O)c4ccc(Br)cc4)cc3)sc2c1. The Morgan fingerprint density at radius 2 is 1.52 bits per heavy atom. The van der Waals surface area contributed by atoms with Crippen molar-refractivity contribution in [1.82, 2.24) is 5.43 Å². The molecular formula is C31H20Br2ClN3O4S. The predicted molar refractivity (Wildman–Crippen MR) is 174 cm³/mol. The number of hydrogen-bond acceptors (Lipinski definition) is 6. The van der Waals surface area contributed by atoms with Crippen LogP contribution in [0.5, 0.6) is 5.75 Å². The first kappa shape index (κ1) is 29.7. The number of nitrogens with one attached hydrogen (secondary N) is 2. The van der Waals surface area contributed by atoms with Crippen molar-refractivity contribution in [1.29, 1.82) is 0 Å². The molecule has 5 aromatic rings. The number of thiophene rings is 1. The van der Waals surface area contributed by atoms with Crippen molar-refractivity contribution in [3.63, 3.8) is 0 Å². The molecule has 7 nitrogen and oxygen atoms in total. The highest BCUT2D eigenvalue weighted by atomic mass is 79.9. The summed E-state index contributed by atoms with van der Waals surface area (Å²) in [5.74, 6) is -1.07. The maximum atomic E-state index is 13.0. The molecule has 0 unspecified atom stereocenters. The third-order valence-electron chi connectivity index (χ3n) is 6.03. The van der Waals surface area contributed by atoms with Gasteiger partial charge in [-0.15, -0.1) is 11.3 Å². The number of rotatable bonds is 7. The van der Waals surface area contributed by atoms with E-state index in [0.29, 0.717) is 32.3 Å². The van der Waals surface area contributed by atoms with Crippen LogP contribution in [-0.4, -0.2) is 24.0 Å². The molecule has 11 heteroatoms. The number of hydrazone groups is 1. The summed E-state index contributed by atoms with van der Waals surface area (Å²) in [5, 5.41) is 7.97. The first-order valence-corrected chi connectivity index (χ1v) is 15.2. The molecule has 0 aliphatic heterocycles. The lowest BCUT2D eigenvalue weighted by molar-refractivity contribution is 0.0739. The van der Waals surface area contributed by atoms with Crippen LogP contribution in [0.4, 0.5) is 5.69 Å². The zero-order valence-electron chi connectivity index (χ0n) is 21.8. The number of esters is 1. The van der Waals surface area contributed by atoms with E-state index in [1.54, 1.807) is 66.7 Å². The van der Waals surface area contributed by atoms with Gasteiger partial charge in [0.2, 0.25) is 0 Å². The number of fused-ring (bicyclic) bond motifs is 1. The molecule has 2 amide bonds. The number of aryl methyl sites for hydroxylation is 1. The van der Waals surface area contributed by atoms with E-state index in [-0.39, 0.29) is 11.7 Å². The van der Waals surface area contributed by atoms with E-state index in [4.69, 9.17) is 16.3 Å². The molecule has 0 aliphatic carbocycles. The zero-order chi connectivity index (χ0) is 29.8. The number of carbonyl (C=O) groups is 3. The van der Waals surface area contributed by atoms with Gasteiger partial charge in [0.15, 0.2) is 0 Å². The molecule has 0 bridgehead atoms. The monoisotopic (exact) mass is 723 g/mol. The number of amides is 2. The normalized spacial score (nSPS) is 11.0. The van der Waals surface area contributed by atoms with Crippen LogP contribution in [-0.2, 0) is 0 Å². The van der Waals surface area contributed by atoms with Crippen LogP contribution in [0.25, 0.3) is 10.1 Å². The fraction of sp³-hybridized carbons (Fsp3) is 0.0323. The van der Waals surface area contributed by atoms with Gasteiger partial charge in [0.25, 0.3) is 11.8 Å². The molecule has 1 aromatic heterocycles. The Kier molecular flexibility index (Phi) is 9.18. The summed E-state index contributed by atoms with van der Waals surface area (Å²) in [4.78, 5) is 38.4. The van der Waals surface area contributed by atoms with Crippen LogP contribution in [0.15, 0.2) is 99.0 Å². The van der Waals surface area contributed by atoms with Crippen LogP contribution >= 0.6 is 54.8 Å². The molecule has 2 N–H and O–H groups in total. The first-order chi connectivity index (χ1) is 20.2. The van der Waals surface area contributed by atoms with Crippen LogP contribution in [0.1, 0.15) is 41.5 Å². The van der Waals surface area contributed by atoms with Gasteiger partial charge in [-0.25, -0.2) is 10.2 Å². The summed E-state index contributed by atoms with van der Waals surface area (Å²) in [6.07, 6.45) is 1.38. The summed E-state index contributed by atoms with van der Waals surface area (Å²) in [6, 6.07) is 24.2. The molecule has 5 rings (SSSR count). The topological polar surface area (TPSA) is 96.9 Å². The number of anilines is 1. The first-order valence-electron chi connectivity index (χ1n) is 12.4. The fourth-order valence-corrected chi connectivity index (χ4v) is 6.02. The van der Waals surface area contributed by atoms with Crippen molar-refractivity contribution in [3.05, 3.63) is 126 Å². The molecule has 0 saturated carbocycles. The average Bonchev–Trinajstić information content (AvgIpc) is 3.30. The molecule has 0 aliphatic rings. The highest BCUT2D eigenvalue weighted by molar-refractivity contribution is 9.10. The van der Waals surface area contributed by atoms with Crippen LogP contribution in [0.3, 0.4) is 0 Å². The van der Waals surface area contributed by atoms with E-state index in [9.17, 15) is 14.4 Å². The molecule has 0 atom stereocenters. The third-order valence-corrected chi connectivity index (χ3v) is 8.69. The maximum absolute atomic E-state index is 13.0. The van der Waals surface area contributed by atoms with E-state index >= 15 is 0 Å². The van der Waals surface area contributed by atoms with Crippen LogP contribution < -0.4 is 15.5 Å². The Morgan fingerprint density at radius 3 is 2.26 bits per heavy atom. The van der Waals surface area contributed by atoms with Gasteiger partial charge in [0.05, 0.1) is 11.2 Å². The molecule has 0 radical (unpaired) electrons. The Hall–Kier alpha value is -3.83. The number of carbonyl (C=O) groups excluding carboxylic acids is 3. The van der Waals surface area contributed by atoms with Gasteiger partial charge in [-0.05, 0) is 85.3 Å². The van der Waals surface area contributed by atoms with Crippen molar-refractivity contribution in [2.24, 2.45) is 5.10 Å². The highest BCUT2D eigenvalue weighted by Gasteiger charge is 2.20. The van der Waals surface area contributed by atoms with E-state index in [1.165, 1.54) is 17.6 Å². The molecule has 0 saturated heterocycles. The lowest BCUT2D eigenvalue weighted by atomic mass is 10.1. The van der Waals surface area contributed by atoms with Crippen molar-refractivity contribution in [2.45, 2.75) is 6.92 Å². The molecule has 1 heterocycles. The molecular weight excluding hydrogens is 706 g/mol. The Morgan fingerprint density at radius 1 is 0.857 bits per heavy atom. The largest absolute Gasteiger partial charge is 0.422 e. The van der Waals surface area contributed by atoms with Gasteiger partial charge < -0.3 is 10.1 Å². The average molecular weight is 726 g/mol.